The molecule has 1 unspecified atom stereocenters. The normalized spacial score (nSPS) is 20.8. The second-order valence-corrected chi connectivity index (χ2v) is 3.49. The summed E-state index contributed by atoms with van der Waals surface area (Å²) in [7, 11) is 0. The van der Waals surface area contributed by atoms with E-state index in [0.29, 0.717) is 5.92 Å². The molecular weight excluding hydrogens is 160 g/mol. The Morgan fingerprint density at radius 3 is 3.00 bits per heavy atom. The van der Waals surface area contributed by atoms with Gasteiger partial charge in [-0.1, -0.05) is 36.4 Å². The van der Waals surface area contributed by atoms with Gasteiger partial charge < -0.3 is 5.11 Å². The highest BCUT2D eigenvalue weighted by atomic mass is 16.3. The molecule has 0 amide bonds. The number of hydrogen-bond acceptors (Lipinski definition) is 1. The van der Waals surface area contributed by atoms with Crippen molar-refractivity contribution in [2.75, 3.05) is 6.61 Å². The lowest BCUT2D eigenvalue weighted by Crippen LogP contribution is -2.04. The van der Waals surface area contributed by atoms with Crippen LogP contribution in [0.1, 0.15) is 29.9 Å². The summed E-state index contributed by atoms with van der Waals surface area (Å²) in [5.41, 5.74) is 2.55. The molecule has 0 fully saturated rings. The molecule has 0 saturated carbocycles. The van der Waals surface area contributed by atoms with Gasteiger partial charge in [-0.15, -0.1) is 0 Å². The average Bonchev–Trinajstić information content (AvgIpc) is 2.39. The number of rotatable bonds is 1. The summed E-state index contributed by atoms with van der Waals surface area (Å²) >= 11 is 0. The first kappa shape index (κ1) is 8.52. The predicted octanol–water partition coefficient (Wildman–Crippen LogP) is 2.57. The molecule has 1 nitrogen and oxygen atoms in total. The Morgan fingerprint density at radius 2 is 2.15 bits per heavy atom. The summed E-state index contributed by atoms with van der Waals surface area (Å²) in [5, 5.41) is 9.24. The van der Waals surface area contributed by atoms with Crippen LogP contribution >= 0.6 is 0 Å². The van der Waals surface area contributed by atoms with Crippen LogP contribution in [0.25, 0.3) is 6.08 Å². The largest absolute Gasteiger partial charge is 0.396 e. The first-order valence-electron chi connectivity index (χ1n) is 4.78. The Morgan fingerprint density at radius 1 is 1.31 bits per heavy atom. The van der Waals surface area contributed by atoms with Crippen molar-refractivity contribution in [1.82, 2.24) is 0 Å². The first-order valence-corrected chi connectivity index (χ1v) is 4.78. The van der Waals surface area contributed by atoms with Crippen molar-refractivity contribution in [2.24, 2.45) is 0 Å². The zero-order chi connectivity index (χ0) is 9.10. The summed E-state index contributed by atoms with van der Waals surface area (Å²) in [4.78, 5) is 0. The minimum atomic E-state index is 0.263. The molecule has 0 bridgehead atoms. The molecule has 13 heavy (non-hydrogen) atoms. The van der Waals surface area contributed by atoms with Gasteiger partial charge in [-0.25, -0.2) is 0 Å². The first-order chi connectivity index (χ1) is 6.42. The molecular formula is C12H14O. The summed E-state index contributed by atoms with van der Waals surface area (Å²) in [6, 6.07) is 8.31. The van der Waals surface area contributed by atoms with Gasteiger partial charge in [0.1, 0.15) is 0 Å². The van der Waals surface area contributed by atoms with Crippen LogP contribution in [-0.2, 0) is 0 Å². The fourth-order valence-corrected chi connectivity index (χ4v) is 1.89. The van der Waals surface area contributed by atoms with Crippen molar-refractivity contribution < 1.29 is 5.11 Å². The number of aliphatic hydroxyl groups excluding tert-OH is 1. The van der Waals surface area contributed by atoms with Crippen molar-refractivity contribution in [3.63, 3.8) is 0 Å². The Balaban J connectivity index is 2.43. The monoisotopic (exact) mass is 174 g/mol. The number of allylic oxidation sites excluding steroid dienone is 1. The third kappa shape index (κ3) is 1.65. The maximum absolute atomic E-state index is 9.24. The van der Waals surface area contributed by atoms with E-state index >= 15 is 0 Å². The van der Waals surface area contributed by atoms with Gasteiger partial charge >= 0.3 is 0 Å². The SMILES string of the molecule is OCC1CCC=Cc2ccccc21. The molecule has 1 aliphatic carbocycles. The van der Waals surface area contributed by atoms with E-state index in [2.05, 4.69) is 24.3 Å². The molecule has 0 spiro atoms. The fraction of sp³-hybridized carbons (Fsp3) is 0.333. The van der Waals surface area contributed by atoms with Crippen LogP contribution < -0.4 is 0 Å². The predicted molar refractivity (Wildman–Crippen MR) is 54.5 cm³/mol. The molecule has 68 valence electrons. The highest BCUT2D eigenvalue weighted by Gasteiger charge is 2.14. The molecule has 0 radical (unpaired) electrons. The van der Waals surface area contributed by atoms with Crippen LogP contribution in [0.2, 0.25) is 0 Å². The van der Waals surface area contributed by atoms with Crippen molar-refractivity contribution >= 4 is 6.08 Å². The highest BCUT2D eigenvalue weighted by Crippen LogP contribution is 2.28. The lowest BCUT2D eigenvalue weighted by atomic mass is 9.93. The van der Waals surface area contributed by atoms with E-state index in [0.717, 1.165) is 12.8 Å². The van der Waals surface area contributed by atoms with E-state index in [4.69, 9.17) is 0 Å². The summed E-state index contributed by atoms with van der Waals surface area (Å²) in [6.07, 6.45) is 6.48. The third-order valence-electron chi connectivity index (χ3n) is 2.64. The van der Waals surface area contributed by atoms with Crippen molar-refractivity contribution in [3.05, 3.63) is 41.5 Å². The minimum Gasteiger partial charge on any atom is -0.396 e. The zero-order valence-electron chi connectivity index (χ0n) is 7.61. The summed E-state index contributed by atoms with van der Waals surface area (Å²) < 4.78 is 0. The van der Waals surface area contributed by atoms with Gasteiger partial charge in [-0.2, -0.15) is 0 Å². The molecule has 2 rings (SSSR count). The van der Waals surface area contributed by atoms with Gasteiger partial charge in [-0.05, 0) is 24.0 Å². The maximum atomic E-state index is 9.24. The van der Waals surface area contributed by atoms with Crippen LogP contribution in [-0.4, -0.2) is 11.7 Å². The number of fused-ring (bicyclic) bond motifs is 1. The second kappa shape index (κ2) is 3.75. The van der Waals surface area contributed by atoms with Crippen molar-refractivity contribution in [3.8, 4) is 0 Å². The zero-order valence-corrected chi connectivity index (χ0v) is 7.61. The van der Waals surface area contributed by atoms with E-state index in [1.54, 1.807) is 0 Å². The van der Waals surface area contributed by atoms with E-state index < -0.39 is 0 Å². The number of benzene rings is 1. The van der Waals surface area contributed by atoms with Gasteiger partial charge in [0.05, 0.1) is 0 Å². The van der Waals surface area contributed by atoms with Crippen LogP contribution in [0.4, 0.5) is 0 Å². The smallest absolute Gasteiger partial charge is 0.0500 e. The lowest BCUT2D eigenvalue weighted by Gasteiger charge is -2.13. The molecule has 1 atom stereocenters. The Hall–Kier alpha value is -1.08. The minimum absolute atomic E-state index is 0.263. The molecule has 1 N–H and O–H groups in total. The average molecular weight is 174 g/mol. The quantitative estimate of drug-likeness (QED) is 0.693. The number of aliphatic hydroxyl groups is 1. The van der Waals surface area contributed by atoms with E-state index in [9.17, 15) is 5.11 Å². The van der Waals surface area contributed by atoms with Gasteiger partial charge in [-0.3, -0.25) is 0 Å². The van der Waals surface area contributed by atoms with Crippen LogP contribution in [0, 0.1) is 0 Å². The van der Waals surface area contributed by atoms with Gasteiger partial charge in [0, 0.05) is 12.5 Å². The standard InChI is InChI=1S/C12H14O/c13-9-11-7-2-1-5-10-6-3-4-8-12(10)11/h1,3-6,8,11,13H,2,7,9H2. The molecule has 0 aliphatic heterocycles. The Bertz CT molecular complexity index is 315. The molecule has 1 heteroatoms. The third-order valence-corrected chi connectivity index (χ3v) is 2.64. The van der Waals surface area contributed by atoms with Crippen LogP contribution in [0.15, 0.2) is 30.3 Å². The van der Waals surface area contributed by atoms with Crippen molar-refractivity contribution in [2.45, 2.75) is 18.8 Å². The van der Waals surface area contributed by atoms with E-state index in [1.165, 1.54) is 11.1 Å². The van der Waals surface area contributed by atoms with E-state index in [1.807, 2.05) is 12.1 Å². The van der Waals surface area contributed by atoms with Gasteiger partial charge in [0.15, 0.2) is 0 Å². The van der Waals surface area contributed by atoms with Gasteiger partial charge in [0.2, 0.25) is 0 Å². The molecule has 0 saturated heterocycles. The van der Waals surface area contributed by atoms with E-state index in [-0.39, 0.29) is 6.61 Å². The Labute approximate surface area is 78.7 Å². The number of hydrogen-bond donors (Lipinski definition) is 1. The molecule has 1 aromatic carbocycles. The van der Waals surface area contributed by atoms with Crippen LogP contribution in [0.5, 0.6) is 0 Å². The molecule has 0 heterocycles. The molecule has 0 aromatic heterocycles. The lowest BCUT2D eigenvalue weighted by molar-refractivity contribution is 0.260. The summed E-state index contributed by atoms with van der Waals surface area (Å²) in [5.74, 6) is 0.325. The van der Waals surface area contributed by atoms with Crippen LogP contribution in [0.3, 0.4) is 0 Å². The fourth-order valence-electron chi connectivity index (χ4n) is 1.89. The Kier molecular flexibility index (Phi) is 2.46. The van der Waals surface area contributed by atoms with Crippen molar-refractivity contribution in [1.29, 1.82) is 0 Å². The second-order valence-electron chi connectivity index (χ2n) is 3.49. The topological polar surface area (TPSA) is 20.2 Å². The molecule has 1 aliphatic rings. The molecule has 1 aromatic rings. The van der Waals surface area contributed by atoms with Gasteiger partial charge in [0.25, 0.3) is 0 Å². The maximum Gasteiger partial charge on any atom is 0.0500 e. The highest BCUT2D eigenvalue weighted by molar-refractivity contribution is 5.55. The summed E-state index contributed by atoms with van der Waals surface area (Å²) in [6.45, 7) is 0.263.